The zero-order valence-electron chi connectivity index (χ0n) is 10.8. The first-order valence-electron chi connectivity index (χ1n) is 6.62. The van der Waals surface area contributed by atoms with Crippen LogP contribution in [0.25, 0.3) is 11.0 Å². The number of fused-ring (bicyclic) bond motifs is 1. The Bertz CT molecular complexity index is 621. The van der Waals surface area contributed by atoms with E-state index < -0.39 is 4.92 Å². The van der Waals surface area contributed by atoms with Crippen molar-refractivity contribution in [3.8, 4) is 0 Å². The maximum absolute atomic E-state index is 10.9. The number of nitro groups is 1. The molecular formula is C12H15N5O3. The zero-order valence-corrected chi connectivity index (χ0v) is 10.8. The Kier molecular flexibility index (Phi) is 3.46. The zero-order chi connectivity index (χ0) is 13.9. The normalized spacial score (nSPS) is 18.5. The molecule has 1 aromatic carbocycles. The number of nitrogens with zero attached hydrogens (tertiary/aromatic N) is 3. The molecule has 0 aliphatic carbocycles. The van der Waals surface area contributed by atoms with Gasteiger partial charge in [-0.15, -0.1) is 0 Å². The number of non-ortho nitro benzene ring substituents is 1. The number of nitrogens with one attached hydrogen (secondary N) is 2. The third-order valence-electron chi connectivity index (χ3n) is 3.56. The van der Waals surface area contributed by atoms with Crippen LogP contribution in [0.1, 0.15) is 19.3 Å². The van der Waals surface area contributed by atoms with Gasteiger partial charge in [0.05, 0.1) is 10.6 Å². The van der Waals surface area contributed by atoms with Crippen molar-refractivity contribution in [1.29, 1.82) is 0 Å². The van der Waals surface area contributed by atoms with Crippen molar-refractivity contribution in [3.05, 3.63) is 22.2 Å². The van der Waals surface area contributed by atoms with Crippen LogP contribution in [0.3, 0.4) is 0 Å². The molecule has 2 N–H and O–H groups in total. The Morgan fingerprint density at radius 1 is 1.45 bits per heavy atom. The number of anilines is 1. The lowest BCUT2D eigenvalue weighted by Crippen LogP contribution is -2.24. The summed E-state index contributed by atoms with van der Waals surface area (Å²) >= 11 is 0. The van der Waals surface area contributed by atoms with Gasteiger partial charge in [-0.2, -0.15) is 0 Å². The number of nitro benzene ring substituents is 1. The summed E-state index contributed by atoms with van der Waals surface area (Å²) in [7, 11) is 0. The summed E-state index contributed by atoms with van der Waals surface area (Å²) in [6.45, 7) is 1.86. The molecule has 2 aromatic rings. The van der Waals surface area contributed by atoms with Crippen LogP contribution < -0.4 is 10.6 Å². The average Bonchev–Trinajstić information content (AvgIpc) is 3.09. The van der Waals surface area contributed by atoms with Crippen molar-refractivity contribution in [2.75, 3.05) is 18.4 Å². The van der Waals surface area contributed by atoms with E-state index in [1.807, 2.05) is 0 Å². The number of hydrogen-bond acceptors (Lipinski definition) is 7. The molecule has 8 nitrogen and oxygen atoms in total. The van der Waals surface area contributed by atoms with E-state index in [0.717, 1.165) is 19.5 Å². The molecule has 0 bridgehead atoms. The summed E-state index contributed by atoms with van der Waals surface area (Å²) in [5.74, 6) is 0. The van der Waals surface area contributed by atoms with Gasteiger partial charge in [-0.3, -0.25) is 10.1 Å². The maximum atomic E-state index is 10.9. The Hall–Kier alpha value is -2.22. The molecule has 1 aliphatic heterocycles. The minimum absolute atomic E-state index is 0.0933. The number of hydrogen-bond donors (Lipinski definition) is 2. The van der Waals surface area contributed by atoms with Gasteiger partial charge in [-0.05, 0) is 42.2 Å². The lowest BCUT2D eigenvalue weighted by Gasteiger charge is -2.11. The quantitative estimate of drug-likeness (QED) is 0.632. The van der Waals surface area contributed by atoms with Crippen molar-refractivity contribution in [3.63, 3.8) is 0 Å². The Morgan fingerprint density at radius 3 is 3.05 bits per heavy atom. The molecule has 1 fully saturated rings. The van der Waals surface area contributed by atoms with Crippen LogP contribution in [-0.2, 0) is 0 Å². The predicted molar refractivity (Wildman–Crippen MR) is 72.6 cm³/mol. The molecule has 1 aromatic heterocycles. The van der Waals surface area contributed by atoms with Crippen LogP contribution in [-0.4, -0.2) is 34.4 Å². The predicted octanol–water partition coefficient (Wildman–Crippen LogP) is 1.68. The van der Waals surface area contributed by atoms with Gasteiger partial charge in [0.25, 0.3) is 0 Å². The molecule has 0 radical (unpaired) electrons. The van der Waals surface area contributed by atoms with Crippen LogP contribution in [0.15, 0.2) is 16.8 Å². The smallest absolute Gasteiger partial charge is 0.300 e. The highest BCUT2D eigenvalue weighted by Crippen LogP contribution is 2.28. The van der Waals surface area contributed by atoms with E-state index in [9.17, 15) is 10.1 Å². The van der Waals surface area contributed by atoms with Crippen molar-refractivity contribution in [2.24, 2.45) is 0 Å². The molecule has 0 saturated carbocycles. The molecule has 106 valence electrons. The topological polar surface area (TPSA) is 106 Å². The fraction of sp³-hybridized carbons (Fsp3) is 0.500. The van der Waals surface area contributed by atoms with Gasteiger partial charge in [0.15, 0.2) is 5.52 Å². The largest absolute Gasteiger partial charge is 0.383 e. The second kappa shape index (κ2) is 5.41. The van der Waals surface area contributed by atoms with Crippen LogP contribution in [0.4, 0.5) is 11.4 Å². The Morgan fingerprint density at radius 2 is 2.30 bits per heavy atom. The molecule has 20 heavy (non-hydrogen) atoms. The van der Waals surface area contributed by atoms with Crippen LogP contribution >= 0.6 is 0 Å². The maximum Gasteiger partial charge on any atom is 0.300 e. The van der Waals surface area contributed by atoms with Gasteiger partial charge in [-0.1, -0.05) is 0 Å². The van der Waals surface area contributed by atoms with E-state index in [1.165, 1.54) is 18.9 Å². The third-order valence-corrected chi connectivity index (χ3v) is 3.56. The first-order valence-corrected chi connectivity index (χ1v) is 6.62. The number of aromatic nitrogens is 2. The van der Waals surface area contributed by atoms with Crippen LogP contribution in [0, 0.1) is 10.1 Å². The van der Waals surface area contributed by atoms with Gasteiger partial charge < -0.3 is 10.6 Å². The molecule has 3 rings (SSSR count). The van der Waals surface area contributed by atoms with Crippen molar-refractivity contribution < 1.29 is 9.55 Å². The van der Waals surface area contributed by atoms with E-state index in [1.54, 1.807) is 6.07 Å². The van der Waals surface area contributed by atoms with E-state index in [0.29, 0.717) is 17.2 Å². The van der Waals surface area contributed by atoms with E-state index >= 15 is 0 Å². The van der Waals surface area contributed by atoms with Crippen molar-refractivity contribution >= 4 is 22.4 Å². The van der Waals surface area contributed by atoms with Crippen molar-refractivity contribution in [2.45, 2.75) is 25.3 Å². The lowest BCUT2D eigenvalue weighted by molar-refractivity contribution is -0.383. The van der Waals surface area contributed by atoms with Gasteiger partial charge in [0.1, 0.15) is 0 Å². The van der Waals surface area contributed by atoms with Gasteiger partial charge >= 0.3 is 5.69 Å². The van der Waals surface area contributed by atoms with Gasteiger partial charge in [0.2, 0.25) is 5.52 Å². The third kappa shape index (κ3) is 2.42. The fourth-order valence-corrected chi connectivity index (χ4v) is 2.53. The average molecular weight is 277 g/mol. The molecule has 2 heterocycles. The first-order chi connectivity index (χ1) is 9.75. The lowest BCUT2D eigenvalue weighted by atomic mass is 10.1. The van der Waals surface area contributed by atoms with Crippen LogP contribution in [0.5, 0.6) is 0 Å². The minimum atomic E-state index is -0.487. The summed E-state index contributed by atoms with van der Waals surface area (Å²) in [5.41, 5.74) is 1.20. The highest BCUT2D eigenvalue weighted by Gasteiger charge is 2.19. The molecule has 1 saturated heterocycles. The molecule has 1 aliphatic rings. The summed E-state index contributed by atoms with van der Waals surface area (Å²) in [5, 5.41) is 24.9. The van der Waals surface area contributed by atoms with Gasteiger partial charge in [-0.25, -0.2) is 4.63 Å². The molecule has 1 atom stereocenters. The Balaban J connectivity index is 1.73. The SMILES string of the molecule is O=[N+]([O-])c1ccc(NCC[C@H]2CCCN2)c2nonc12. The summed E-state index contributed by atoms with van der Waals surface area (Å²) in [4.78, 5) is 10.4. The monoisotopic (exact) mass is 277 g/mol. The second-order valence-corrected chi connectivity index (χ2v) is 4.86. The highest BCUT2D eigenvalue weighted by atomic mass is 16.6. The summed E-state index contributed by atoms with van der Waals surface area (Å²) in [6, 6.07) is 3.61. The number of rotatable bonds is 5. The van der Waals surface area contributed by atoms with Crippen LogP contribution in [0.2, 0.25) is 0 Å². The highest BCUT2D eigenvalue weighted by molar-refractivity contribution is 5.93. The first kappa shape index (κ1) is 12.8. The molecule has 0 amide bonds. The second-order valence-electron chi connectivity index (χ2n) is 4.86. The standard InChI is InChI=1S/C12H15N5O3/c18-17(19)10-4-3-9(11-12(10)16-20-15-11)14-7-5-8-2-1-6-13-8/h3-4,8,13-14H,1-2,5-7H2/t8-/m1/s1. The fourth-order valence-electron chi connectivity index (χ4n) is 2.53. The number of benzene rings is 1. The Labute approximate surface area is 114 Å². The molecule has 0 spiro atoms. The van der Waals surface area contributed by atoms with Crippen molar-refractivity contribution in [1.82, 2.24) is 15.6 Å². The summed E-state index contributed by atoms with van der Waals surface area (Å²) < 4.78 is 4.62. The van der Waals surface area contributed by atoms with E-state index in [2.05, 4.69) is 25.6 Å². The summed E-state index contributed by atoms with van der Waals surface area (Å²) in [6.07, 6.45) is 3.42. The molecule has 8 heteroatoms. The van der Waals surface area contributed by atoms with Gasteiger partial charge in [0, 0.05) is 18.7 Å². The molecule has 0 unspecified atom stereocenters. The van der Waals surface area contributed by atoms with E-state index in [-0.39, 0.29) is 11.2 Å². The van der Waals surface area contributed by atoms with E-state index in [4.69, 9.17) is 0 Å². The minimum Gasteiger partial charge on any atom is -0.383 e. The molecular weight excluding hydrogens is 262 g/mol.